The molecule has 0 amide bonds. The SMILES string of the molecule is Cc1cn([C@@H]2O[C@]3(COS(C)(=O)=O)CO[C@@H]2[C@@H]3OCc2ccccc2)c(=O)[nH]c1=O. The Hall–Kier alpha value is -2.31. The van der Waals surface area contributed by atoms with Crippen LogP contribution in [0.5, 0.6) is 0 Å². The average Bonchev–Trinajstić information content (AvgIpc) is 3.20. The van der Waals surface area contributed by atoms with Crippen LogP contribution in [0.3, 0.4) is 0 Å². The minimum Gasteiger partial charge on any atom is -0.367 e. The molecule has 0 aliphatic carbocycles. The zero-order valence-corrected chi connectivity index (χ0v) is 17.3. The molecule has 2 aliphatic heterocycles. The van der Waals surface area contributed by atoms with Crippen molar-refractivity contribution in [3.63, 3.8) is 0 Å². The number of aromatic nitrogens is 2. The molecule has 162 valence electrons. The van der Waals surface area contributed by atoms with Gasteiger partial charge in [-0.1, -0.05) is 30.3 Å². The summed E-state index contributed by atoms with van der Waals surface area (Å²) in [5.41, 5.74) is -1.14. The molecular weight excluding hydrogens is 416 g/mol. The minimum absolute atomic E-state index is 0.0419. The van der Waals surface area contributed by atoms with Gasteiger partial charge in [0, 0.05) is 11.8 Å². The molecule has 0 radical (unpaired) electrons. The molecule has 10 nitrogen and oxygen atoms in total. The Labute approximate surface area is 172 Å². The lowest BCUT2D eigenvalue weighted by Crippen LogP contribution is -2.47. The van der Waals surface area contributed by atoms with Gasteiger partial charge in [-0.25, -0.2) is 4.79 Å². The van der Waals surface area contributed by atoms with Crippen molar-refractivity contribution in [2.24, 2.45) is 0 Å². The standard InChI is InChI=1S/C19H22N2O8S/c1-12-8-21(18(23)20-16(12)22)17-14-15(26-9-13-6-4-3-5-7-13)19(29-17,10-27-14)11-28-30(2,24)25/h3-8,14-15,17H,9-11H2,1-2H3,(H,20,22,23)/t14-,15+,17-,19+/m1/s1. The van der Waals surface area contributed by atoms with Crippen molar-refractivity contribution in [2.75, 3.05) is 19.5 Å². The maximum Gasteiger partial charge on any atom is 0.330 e. The van der Waals surface area contributed by atoms with Crippen LogP contribution in [0, 0.1) is 6.92 Å². The number of rotatable bonds is 7. The Balaban J connectivity index is 1.65. The lowest BCUT2D eigenvalue weighted by molar-refractivity contribution is -0.185. The van der Waals surface area contributed by atoms with Gasteiger partial charge in [0.1, 0.15) is 24.4 Å². The molecule has 2 fully saturated rings. The van der Waals surface area contributed by atoms with Crippen LogP contribution in [-0.2, 0) is 35.1 Å². The molecule has 3 heterocycles. The van der Waals surface area contributed by atoms with E-state index >= 15 is 0 Å². The lowest BCUT2D eigenvalue weighted by Gasteiger charge is -2.31. The third kappa shape index (κ3) is 3.98. The fraction of sp³-hybridized carbons (Fsp3) is 0.474. The van der Waals surface area contributed by atoms with Gasteiger partial charge >= 0.3 is 5.69 Å². The zero-order valence-electron chi connectivity index (χ0n) is 16.4. The average molecular weight is 438 g/mol. The molecule has 0 unspecified atom stereocenters. The predicted molar refractivity (Wildman–Crippen MR) is 104 cm³/mol. The summed E-state index contributed by atoms with van der Waals surface area (Å²) in [5.74, 6) is 0. The molecule has 2 aromatic rings. The van der Waals surface area contributed by atoms with E-state index < -0.39 is 45.4 Å². The number of nitrogens with zero attached hydrogens (tertiary/aromatic N) is 1. The van der Waals surface area contributed by atoms with E-state index in [0.717, 1.165) is 11.8 Å². The molecule has 2 bridgehead atoms. The molecule has 0 saturated carbocycles. The number of aromatic amines is 1. The molecule has 0 spiro atoms. The molecule has 11 heteroatoms. The van der Waals surface area contributed by atoms with Crippen LogP contribution in [0.25, 0.3) is 0 Å². The summed E-state index contributed by atoms with van der Waals surface area (Å²) in [4.78, 5) is 26.3. The third-order valence-electron chi connectivity index (χ3n) is 5.18. The van der Waals surface area contributed by atoms with Gasteiger partial charge in [0.05, 0.1) is 19.5 Å². The molecule has 30 heavy (non-hydrogen) atoms. The maximum atomic E-state index is 12.4. The second-order valence-electron chi connectivity index (χ2n) is 7.51. The number of benzene rings is 1. The number of aryl methyl sites for hydroxylation is 1. The van der Waals surface area contributed by atoms with Crippen LogP contribution >= 0.6 is 0 Å². The Morgan fingerprint density at radius 2 is 2.00 bits per heavy atom. The van der Waals surface area contributed by atoms with E-state index in [2.05, 4.69) is 4.98 Å². The maximum absolute atomic E-state index is 12.4. The third-order valence-corrected chi connectivity index (χ3v) is 5.73. The molecule has 1 aromatic carbocycles. The van der Waals surface area contributed by atoms with E-state index in [4.69, 9.17) is 18.4 Å². The highest BCUT2D eigenvalue weighted by molar-refractivity contribution is 7.85. The van der Waals surface area contributed by atoms with Crippen LogP contribution < -0.4 is 11.2 Å². The van der Waals surface area contributed by atoms with E-state index in [9.17, 15) is 18.0 Å². The van der Waals surface area contributed by atoms with Gasteiger partial charge in [-0.2, -0.15) is 8.42 Å². The highest BCUT2D eigenvalue weighted by atomic mass is 32.2. The van der Waals surface area contributed by atoms with E-state index in [1.807, 2.05) is 30.3 Å². The highest BCUT2D eigenvalue weighted by Crippen LogP contribution is 2.46. The number of fused-ring (bicyclic) bond motifs is 2. The Kier molecular flexibility index (Phi) is 5.41. The Bertz CT molecular complexity index is 1140. The number of H-pyrrole nitrogens is 1. The van der Waals surface area contributed by atoms with Crippen molar-refractivity contribution >= 4 is 10.1 Å². The van der Waals surface area contributed by atoms with Crippen LogP contribution in [0.2, 0.25) is 0 Å². The van der Waals surface area contributed by atoms with Crippen LogP contribution in [-0.4, -0.2) is 55.2 Å². The molecule has 4 rings (SSSR count). The first kappa shape index (κ1) is 20.9. The second kappa shape index (κ2) is 7.75. The fourth-order valence-electron chi connectivity index (χ4n) is 3.71. The summed E-state index contributed by atoms with van der Waals surface area (Å²) in [6.45, 7) is 1.52. The zero-order chi connectivity index (χ0) is 21.5. The predicted octanol–water partition coefficient (Wildman–Crippen LogP) is 0.0730. The summed E-state index contributed by atoms with van der Waals surface area (Å²) in [7, 11) is -3.74. The van der Waals surface area contributed by atoms with Crippen molar-refractivity contribution in [1.29, 1.82) is 0 Å². The number of hydrogen-bond donors (Lipinski definition) is 1. The molecule has 1 N–H and O–H groups in total. The summed E-state index contributed by atoms with van der Waals surface area (Å²) < 4.78 is 47.4. The molecule has 4 atom stereocenters. The van der Waals surface area contributed by atoms with Gasteiger partial charge in [0.25, 0.3) is 15.7 Å². The first-order valence-corrected chi connectivity index (χ1v) is 11.1. The summed E-state index contributed by atoms with van der Waals surface area (Å²) in [6.07, 6.45) is 0.0306. The van der Waals surface area contributed by atoms with E-state index in [1.165, 1.54) is 10.8 Å². The van der Waals surface area contributed by atoms with Gasteiger partial charge in [0.2, 0.25) is 0 Å². The van der Waals surface area contributed by atoms with Crippen molar-refractivity contribution < 1.29 is 26.8 Å². The van der Waals surface area contributed by atoms with Crippen LogP contribution in [0.4, 0.5) is 0 Å². The number of hydrogen-bond acceptors (Lipinski definition) is 8. The van der Waals surface area contributed by atoms with Crippen LogP contribution in [0.15, 0.2) is 46.1 Å². The van der Waals surface area contributed by atoms with Gasteiger partial charge in [-0.3, -0.25) is 18.5 Å². The Morgan fingerprint density at radius 1 is 1.27 bits per heavy atom. The smallest absolute Gasteiger partial charge is 0.330 e. The fourth-order valence-corrected chi connectivity index (χ4v) is 4.12. The summed E-state index contributed by atoms with van der Waals surface area (Å²) >= 11 is 0. The van der Waals surface area contributed by atoms with Gasteiger partial charge < -0.3 is 14.2 Å². The monoisotopic (exact) mass is 438 g/mol. The normalized spacial score (nSPS) is 28.1. The summed E-state index contributed by atoms with van der Waals surface area (Å²) in [6, 6.07) is 9.43. The Morgan fingerprint density at radius 3 is 2.70 bits per heavy atom. The quantitative estimate of drug-likeness (QED) is 0.602. The molecule has 1 aromatic heterocycles. The highest BCUT2D eigenvalue weighted by Gasteiger charge is 2.63. The van der Waals surface area contributed by atoms with Gasteiger partial charge in [-0.15, -0.1) is 0 Å². The lowest BCUT2D eigenvalue weighted by atomic mass is 10.00. The van der Waals surface area contributed by atoms with Crippen molar-refractivity contribution in [2.45, 2.75) is 37.6 Å². The van der Waals surface area contributed by atoms with Crippen molar-refractivity contribution in [3.05, 3.63) is 68.5 Å². The molecule has 2 aliphatic rings. The molecular formula is C19H22N2O8S. The van der Waals surface area contributed by atoms with E-state index in [0.29, 0.717) is 5.56 Å². The largest absolute Gasteiger partial charge is 0.367 e. The first-order valence-electron chi connectivity index (χ1n) is 9.30. The van der Waals surface area contributed by atoms with E-state index in [1.54, 1.807) is 6.92 Å². The topological polar surface area (TPSA) is 126 Å². The van der Waals surface area contributed by atoms with Crippen molar-refractivity contribution in [3.8, 4) is 0 Å². The minimum atomic E-state index is -3.74. The van der Waals surface area contributed by atoms with Gasteiger partial charge in [0.15, 0.2) is 6.23 Å². The van der Waals surface area contributed by atoms with E-state index in [-0.39, 0.29) is 19.8 Å². The van der Waals surface area contributed by atoms with Crippen LogP contribution in [0.1, 0.15) is 17.4 Å². The second-order valence-corrected chi connectivity index (χ2v) is 9.15. The number of ether oxygens (including phenoxy) is 3. The van der Waals surface area contributed by atoms with Gasteiger partial charge in [-0.05, 0) is 12.5 Å². The summed E-state index contributed by atoms with van der Waals surface area (Å²) in [5, 5.41) is 0. The molecule has 2 saturated heterocycles. The number of nitrogens with one attached hydrogen (secondary N) is 1. The first-order chi connectivity index (χ1) is 14.2. The van der Waals surface area contributed by atoms with Crippen molar-refractivity contribution in [1.82, 2.24) is 9.55 Å².